The first-order chi connectivity index (χ1) is 27.2. The predicted octanol–water partition coefficient (Wildman–Crippen LogP) is 4.94. The van der Waals surface area contributed by atoms with Gasteiger partial charge in [0.05, 0.1) is 26.4 Å². The average molecular weight is 763 g/mol. The molecule has 0 aliphatic carbocycles. The summed E-state index contributed by atoms with van der Waals surface area (Å²) < 4.78 is 42.5. The summed E-state index contributed by atoms with van der Waals surface area (Å²) in [6, 6.07) is 29.0. The summed E-state index contributed by atoms with van der Waals surface area (Å²) in [5, 5.41) is 1.03. The van der Waals surface area contributed by atoms with Crippen LogP contribution in [0.3, 0.4) is 0 Å². The van der Waals surface area contributed by atoms with E-state index in [1.165, 1.54) is 24.3 Å². The fourth-order valence-electron chi connectivity index (χ4n) is 5.29. The van der Waals surface area contributed by atoms with Crippen molar-refractivity contribution in [1.29, 1.82) is 0 Å². The van der Waals surface area contributed by atoms with Gasteiger partial charge in [-0.15, -0.1) is 0 Å². The van der Waals surface area contributed by atoms with Crippen LogP contribution in [0.15, 0.2) is 128 Å². The van der Waals surface area contributed by atoms with E-state index in [4.69, 9.17) is 37.3 Å². The number of ketones is 2. The van der Waals surface area contributed by atoms with E-state index in [-0.39, 0.29) is 73.4 Å². The van der Waals surface area contributed by atoms with Crippen molar-refractivity contribution in [3.63, 3.8) is 0 Å². The van der Waals surface area contributed by atoms with Crippen LogP contribution in [0.25, 0.3) is 21.9 Å². The number of benzene rings is 4. The molecule has 0 saturated heterocycles. The van der Waals surface area contributed by atoms with Gasteiger partial charge in [-0.1, -0.05) is 60.7 Å². The van der Waals surface area contributed by atoms with E-state index in [0.717, 1.165) is 0 Å². The molecule has 0 aliphatic heterocycles. The van der Waals surface area contributed by atoms with Crippen molar-refractivity contribution < 1.29 is 56.4 Å². The lowest BCUT2D eigenvalue weighted by molar-refractivity contribution is -0.149. The molecular weight excluding hydrogens is 728 g/mol. The van der Waals surface area contributed by atoms with Crippen molar-refractivity contribution in [2.24, 2.45) is 0 Å². The Hall–Kier alpha value is -6.90. The van der Waals surface area contributed by atoms with Gasteiger partial charge in [-0.3, -0.25) is 9.59 Å². The van der Waals surface area contributed by atoms with Gasteiger partial charge in [0.1, 0.15) is 47.0 Å². The second-order valence-electron chi connectivity index (χ2n) is 11.9. The molecule has 0 radical (unpaired) electrons. The maximum absolute atomic E-state index is 12.7. The summed E-state index contributed by atoms with van der Waals surface area (Å²) in [6.45, 7) is -0.223. The summed E-state index contributed by atoms with van der Waals surface area (Å²) in [5.41, 5.74) is -0.627. The van der Waals surface area contributed by atoms with Crippen molar-refractivity contribution in [2.45, 2.75) is 0 Å². The van der Waals surface area contributed by atoms with Gasteiger partial charge >= 0.3 is 23.2 Å². The Kier molecular flexibility index (Phi) is 13.1. The Labute approximate surface area is 318 Å². The largest absolute Gasteiger partial charge is 0.482 e. The van der Waals surface area contributed by atoms with Crippen LogP contribution in [-0.4, -0.2) is 76.4 Å². The van der Waals surface area contributed by atoms with Gasteiger partial charge in [-0.2, -0.15) is 0 Å². The monoisotopic (exact) mass is 762 g/mol. The van der Waals surface area contributed by atoms with Gasteiger partial charge in [0.2, 0.25) is 0 Å². The molecule has 0 N–H and O–H groups in total. The third-order valence-electron chi connectivity index (χ3n) is 8.04. The topological polar surface area (TPSA) is 184 Å². The van der Waals surface area contributed by atoms with Crippen LogP contribution < -0.4 is 20.7 Å². The highest BCUT2D eigenvalue weighted by molar-refractivity contribution is 6.10. The minimum atomic E-state index is -0.785. The van der Waals surface area contributed by atoms with Crippen LogP contribution in [0.2, 0.25) is 0 Å². The molecule has 2 heterocycles. The standard InChI is InChI=1S/C42H34O14/c43-37(25-53-31-13-11-29-21-33(41(47)55-35(29)23-31)39(45)27-7-3-1-4-8-27)51-19-17-49-15-16-50-18-20-52-38(44)26-54-32-14-12-30-22-34(42(48)56-36(30)24-32)40(46)28-9-5-2-6-10-28/h1-14,21-24H,15-20,25-26H2. The van der Waals surface area contributed by atoms with Crippen molar-refractivity contribution in [3.8, 4) is 11.5 Å². The zero-order chi connectivity index (χ0) is 39.3. The van der Waals surface area contributed by atoms with E-state index in [1.54, 1.807) is 84.9 Å². The van der Waals surface area contributed by atoms with E-state index >= 15 is 0 Å². The molecule has 14 nitrogen and oxygen atoms in total. The van der Waals surface area contributed by atoms with Gasteiger partial charge in [0.25, 0.3) is 0 Å². The first kappa shape index (κ1) is 38.8. The number of rotatable bonds is 19. The molecular formula is C42H34O14. The van der Waals surface area contributed by atoms with E-state index in [9.17, 15) is 28.8 Å². The van der Waals surface area contributed by atoms with Gasteiger partial charge in [-0.05, 0) is 36.4 Å². The van der Waals surface area contributed by atoms with Crippen LogP contribution in [0.1, 0.15) is 31.8 Å². The predicted molar refractivity (Wildman–Crippen MR) is 199 cm³/mol. The Bertz CT molecular complexity index is 2280. The van der Waals surface area contributed by atoms with Crippen molar-refractivity contribution in [3.05, 3.63) is 152 Å². The van der Waals surface area contributed by atoms with Crippen LogP contribution in [0, 0.1) is 0 Å². The molecule has 56 heavy (non-hydrogen) atoms. The number of hydrogen-bond acceptors (Lipinski definition) is 14. The van der Waals surface area contributed by atoms with Crippen LogP contribution in [-0.2, 0) is 28.5 Å². The SMILES string of the molecule is O=C(COc1ccc2cc(C(=O)c3ccccc3)c(=O)oc2c1)OCCOCCOCCOC(=O)COc1ccc2cc(C(=O)c3ccccc3)c(=O)oc2c1. The highest BCUT2D eigenvalue weighted by Crippen LogP contribution is 2.23. The summed E-state index contributed by atoms with van der Waals surface area (Å²) in [6.07, 6.45) is 0. The third kappa shape index (κ3) is 10.4. The summed E-state index contributed by atoms with van der Waals surface area (Å²) >= 11 is 0. The minimum Gasteiger partial charge on any atom is -0.482 e. The maximum atomic E-state index is 12.7. The first-order valence-corrected chi connectivity index (χ1v) is 17.3. The molecule has 14 heteroatoms. The van der Waals surface area contributed by atoms with Gasteiger partial charge < -0.3 is 37.3 Å². The molecule has 2 aromatic heterocycles. The van der Waals surface area contributed by atoms with Gasteiger partial charge in [-0.25, -0.2) is 19.2 Å². The lowest BCUT2D eigenvalue weighted by atomic mass is 10.0. The molecule has 6 rings (SSSR count). The molecule has 0 saturated carbocycles. The van der Waals surface area contributed by atoms with Crippen LogP contribution in [0.5, 0.6) is 11.5 Å². The van der Waals surface area contributed by atoms with Crippen molar-refractivity contribution >= 4 is 45.4 Å². The Morgan fingerprint density at radius 1 is 0.464 bits per heavy atom. The number of fused-ring (bicyclic) bond motifs is 2. The molecule has 0 amide bonds. The Morgan fingerprint density at radius 2 is 0.857 bits per heavy atom. The van der Waals surface area contributed by atoms with E-state index in [0.29, 0.717) is 21.9 Å². The van der Waals surface area contributed by atoms with Gasteiger partial charge in [0.15, 0.2) is 24.8 Å². The minimum absolute atomic E-state index is 0.0249. The number of hydrogen-bond donors (Lipinski definition) is 0. The van der Waals surface area contributed by atoms with Crippen molar-refractivity contribution in [1.82, 2.24) is 0 Å². The molecule has 4 aromatic carbocycles. The Balaban J connectivity index is 0.808. The number of esters is 2. The summed E-state index contributed by atoms with van der Waals surface area (Å²) in [4.78, 5) is 74.6. The summed E-state index contributed by atoms with van der Waals surface area (Å²) in [5.74, 6) is -1.64. The Morgan fingerprint density at radius 3 is 1.27 bits per heavy atom. The van der Waals surface area contributed by atoms with Crippen molar-refractivity contribution in [2.75, 3.05) is 52.9 Å². The zero-order valence-electron chi connectivity index (χ0n) is 29.8. The molecule has 0 aliphatic rings. The molecule has 286 valence electrons. The lowest BCUT2D eigenvalue weighted by Gasteiger charge is -2.09. The highest BCUT2D eigenvalue weighted by atomic mass is 16.6. The smallest absolute Gasteiger partial charge is 0.347 e. The average Bonchev–Trinajstić information content (AvgIpc) is 3.22. The number of carbonyl (C=O) groups is 4. The normalized spacial score (nSPS) is 10.9. The zero-order valence-corrected chi connectivity index (χ0v) is 29.8. The van der Waals surface area contributed by atoms with Crippen LogP contribution >= 0.6 is 0 Å². The van der Waals surface area contributed by atoms with E-state index in [1.807, 2.05) is 0 Å². The van der Waals surface area contributed by atoms with E-state index in [2.05, 4.69) is 0 Å². The molecule has 0 bridgehead atoms. The number of ether oxygens (including phenoxy) is 6. The molecule has 6 aromatic rings. The quantitative estimate of drug-likeness (QED) is 0.0468. The molecule has 0 atom stereocenters. The highest BCUT2D eigenvalue weighted by Gasteiger charge is 2.18. The second-order valence-corrected chi connectivity index (χ2v) is 11.9. The fraction of sp³-hybridized carbons (Fsp3) is 0.190. The van der Waals surface area contributed by atoms with E-state index < -0.39 is 48.0 Å². The first-order valence-electron chi connectivity index (χ1n) is 17.3. The number of carbonyl (C=O) groups excluding carboxylic acids is 4. The van der Waals surface area contributed by atoms with Crippen LogP contribution in [0.4, 0.5) is 0 Å². The van der Waals surface area contributed by atoms with Gasteiger partial charge in [0, 0.05) is 34.0 Å². The molecule has 0 fully saturated rings. The summed E-state index contributed by atoms with van der Waals surface area (Å²) in [7, 11) is 0. The second kappa shape index (κ2) is 18.9. The lowest BCUT2D eigenvalue weighted by Crippen LogP contribution is -2.19. The molecule has 0 spiro atoms. The fourth-order valence-corrected chi connectivity index (χ4v) is 5.29. The maximum Gasteiger partial charge on any atom is 0.347 e. The third-order valence-corrected chi connectivity index (χ3v) is 8.04. The molecule has 0 unspecified atom stereocenters.